The van der Waals surface area contributed by atoms with Crippen molar-refractivity contribution in [2.24, 2.45) is 5.92 Å². The highest BCUT2D eigenvalue weighted by Crippen LogP contribution is 2.36. The molecule has 1 aliphatic rings. The Morgan fingerprint density at radius 3 is 2.71 bits per heavy atom. The topological polar surface area (TPSA) is 40.5 Å². The van der Waals surface area contributed by atoms with E-state index in [4.69, 9.17) is 0 Å². The van der Waals surface area contributed by atoms with Gasteiger partial charge in [-0.2, -0.15) is 0 Å². The van der Waals surface area contributed by atoms with Crippen molar-refractivity contribution in [3.63, 3.8) is 0 Å². The average Bonchev–Trinajstić information content (AvgIpc) is 2.98. The second-order valence-electron chi connectivity index (χ2n) is 6.59. The van der Waals surface area contributed by atoms with Crippen molar-refractivity contribution in [3.05, 3.63) is 71.5 Å². The predicted molar refractivity (Wildman–Crippen MR) is 90.7 cm³/mol. The summed E-state index contributed by atoms with van der Waals surface area (Å²) in [6.07, 6.45) is 0.0434. The minimum Gasteiger partial charge on any atom is -0.388 e. The number of hydrogen-bond donors (Lipinski definition) is 1. The third-order valence-corrected chi connectivity index (χ3v) is 4.62. The molecule has 1 saturated heterocycles. The van der Waals surface area contributed by atoms with Gasteiger partial charge in [-0.25, -0.2) is 4.39 Å². The van der Waals surface area contributed by atoms with Crippen molar-refractivity contribution < 1.29 is 14.3 Å². The second kappa shape index (κ2) is 7.14. The Bertz CT molecular complexity index is 704. The van der Waals surface area contributed by atoms with Crippen LogP contribution >= 0.6 is 0 Å². The van der Waals surface area contributed by atoms with Crippen LogP contribution in [0.25, 0.3) is 0 Å². The van der Waals surface area contributed by atoms with Crippen LogP contribution in [0.2, 0.25) is 0 Å². The molecule has 1 fully saturated rings. The first-order valence-electron chi connectivity index (χ1n) is 8.32. The lowest BCUT2D eigenvalue weighted by Gasteiger charge is -2.26. The number of benzene rings is 2. The van der Waals surface area contributed by atoms with Crippen molar-refractivity contribution in [1.29, 1.82) is 0 Å². The highest BCUT2D eigenvalue weighted by atomic mass is 19.1. The molecule has 0 saturated carbocycles. The van der Waals surface area contributed by atoms with Gasteiger partial charge in [0, 0.05) is 6.54 Å². The van der Waals surface area contributed by atoms with E-state index in [1.54, 1.807) is 11.0 Å². The maximum absolute atomic E-state index is 13.5. The van der Waals surface area contributed by atoms with Crippen LogP contribution in [0.1, 0.15) is 43.0 Å². The van der Waals surface area contributed by atoms with E-state index in [0.29, 0.717) is 12.5 Å². The van der Waals surface area contributed by atoms with Gasteiger partial charge in [-0.05, 0) is 35.6 Å². The van der Waals surface area contributed by atoms with Crippen molar-refractivity contribution in [3.8, 4) is 0 Å². The molecule has 2 aromatic carbocycles. The summed E-state index contributed by atoms with van der Waals surface area (Å²) in [7, 11) is 0. The van der Waals surface area contributed by atoms with Crippen molar-refractivity contribution in [1.82, 2.24) is 4.90 Å². The molecule has 0 bridgehead atoms. The molecule has 4 heteroatoms. The van der Waals surface area contributed by atoms with Crippen molar-refractivity contribution in [2.75, 3.05) is 6.54 Å². The Hall–Kier alpha value is -2.20. The van der Waals surface area contributed by atoms with Gasteiger partial charge in [0.15, 0.2) is 0 Å². The average molecular weight is 327 g/mol. The van der Waals surface area contributed by atoms with Crippen LogP contribution in [0, 0.1) is 11.7 Å². The minimum absolute atomic E-state index is 0.0442. The highest BCUT2D eigenvalue weighted by Gasteiger charge is 2.34. The third-order valence-electron chi connectivity index (χ3n) is 4.62. The molecule has 2 aromatic rings. The lowest BCUT2D eigenvalue weighted by Crippen LogP contribution is -2.32. The first kappa shape index (κ1) is 16.7. The van der Waals surface area contributed by atoms with E-state index in [1.807, 2.05) is 36.4 Å². The van der Waals surface area contributed by atoms with E-state index in [9.17, 15) is 14.3 Å². The van der Waals surface area contributed by atoms with E-state index in [0.717, 1.165) is 17.5 Å². The number of aliphatic hydroxyl groups excluding tert-OH is 1. The molecule has 24 heavy (non-hydrogen) atoms. The van der Waals surface area contributed by atoms with Gasteiger partial charge >= 0.3 is 0 Å². The molecule has 3 rings (SSSR count). The Morgan fingerprint density at radius 2 is 2.00 bits per heavy atom. The number of halogens is 1. The van der Waals surface area contributed by atoms with Crippen LogP contribution < -0.4 is 0 Å². The number of aliphatic hydroxyl groups is 1. The Kier molecular flexibility index (Phi) is 4.95. The van der Waals surface area contributed by atoms with Gasteiger partial charge < -0.3 is 10.0 Å². The van der Waals surface area contributed by atoms with E-state index in [1.165, 1.54) is 12.1 Å². The summed E-state index contributed by atoms with van der Waals surface area (Å²) in [4.78, 5) is 14.5. The first-order chi connectivity index (χ1) is 11.5. The largest absolute Gasteiger partial charge is 0.388 e. The zero-order valence-electron chi connectivity index (χ0n) is 13.7. The van der Waals surface area contributed by atoms with Gasteiger partial charge in [0.1, 0.15) is 5.82 Å². The summed E-state index contributed by atoms with van der Waals surface area (Å²) in [6, 6.07) is 15.5. The minimum atomic E-state index is -0.817. The number of likely N-dealkylation sites (tertiary alicyclic amines) is 1. The number of rotatable bonds is 4. The third kappa shape index (κ3) is 3.65. The molecule has 1 amide bonds. The summed E-state index contributed by atoms with van der Waals surface area (Å²) in [5, 5.41) is 10.3. The zero-order chi connectivity index (χ0) is 17.1. The zero-order valence-corrected chi connectivity index (χ0v) is 13.7. The Labute approximate surface area is 141 Å². The van der Waals surface area contributed by atoms with Crippen LogP contribution in [-0.4, -0.2) is 22.5 Å². The van der Waals surface area contributed by atoms with Gasteiger partial charge in [-0.1, -0.05) is 49.4 Å². The summed E-state index contributed by atoms with van der Waals surface area (Å²) in [5.74, 6) is -0.0233. The fourth-order valence-electron chi connectivity index (χ4n) is 3.43. The molecular weight excluding hydrogens is 305 g/mol. The molecule has 3 nitrogen and oxygen atoms in total. The van der Waals surface area contributed by atoms with Gasteiger partial charge in [-0.15, -0.1) is 0 Å². The molecule has 0 aromatic heterocycles. The van der Waals surface area contributed by atoms with Crippen LogP contribution in [0.5, 0.6) is 0 Å². The number of carbonyl (C=O) groups excluding carboxylic acids is 1. The van der Waals surface area contributed by atoms with Gasteiger partial charge in [0.2, 0.25) is 5.91 Å². The van der Waals surface area contributed by atoms with Crippen LogP contribution in [-0.2, 0) is 4.79 Å². The van der Waals surface area contributed by atoms with E-state index in [2.05, 4.69) is 6.92 Å². The fourth-order valence-corrected chi connectivity index (χ4v) is 3.43. The Morgan fingerprint density at radius 1 is 1.25 bits per heavy atom. The molecule has 0 aliphatic carbocycles. The van der Waals surface area contributed by atoms with Crippen molar-refractivity contribution >= 4 is 5.91 Å². The van der Waals surface area contributed by atoms with Crippen molar-refractivity contribution in [2.45, 2.75) is 31.9 Å². The predicted octanol–water partition coefficient (Wildman–Crippen LogP) is 3.86. The molecule has 126 valence electrons. The molecule has 3 atom stereocenters. The lowest BCUT2D eigenvalue weighted by molar-refractivity contribution is -0.134. The summed E-state index contributed by atoms with van der Waals surface area (Å²) in [5.41, 5.74) is 1.56. The standard InChI is InChI=1S/C20H22FNO2/c1-14-10-18(16-8-5-9-17(21)11-16)22(13-14)20(24)12-19(23)15-6-3-2-4-7-15/h2-9,11,14,18-19,23H,10,12-13H2,1H3. The van der Waals surface area contributed by atoms with E-state index >= 15 is 0 Å². The molecular formula is C20H22FNO2. The SMILES string of the molecule is CC1CC(c2cccc(F)c2)N(C(=O)CC(O)c2ccccc2)C1. The summed E-state index contributed by atoms with van der Waals surface area (Å²) >= 11 is 0. The molecule has 1 N–H and O–H groups in total. The maximum Gasteiger partial charge on any atom is 0.226 e. The van der Waals surface area contributed by atoms with E-state index < -0.39 is 6.10 Å². The first-order valence-corrected chi connectivity index (χ1v) is 8.32. The lowest BCUT2D eigenvalue weighted by atomic mass is 10.0. The van der Waals surface area contributed by atoms with Gasteiger partial charge in [0.25, 0.3) is 0 Å². The molecule has 3 unspecified atom stereocenters. The molecule has 1 aliphatic heterocycles. The quantitative estimate of drug-likeness (QED) is 0.926. The maximum atomic E-state index is 13.5. The smallest absolute Gasteiger partial charge is 0.226 e. The number of nitrogens with zero attached hydrogens (tertiary/aromatic N) is 1. The van der Waals surface area contributed by atoms with Crippen LogP contribution in [0.4, 0.5) is 4.39 Å². The van der Waals surface area contributed by atoms with Gasteiger partial charge in [-0.3, -0.25) is 4.79 Å². The summed E-state index contributed by atoms with van der Waals surface area (Å²) in [6.45, 7) is 2.73. The normalized spacial score (nSPS) is 21.7. The highest BCUT2D eigenvalue weighted by molar-refractivity contribution is 5.77. The van der Waals surface area contributed by atoms with Crippen LogP contribution in [0.15, 0.2) is 54.6 Å². The number of carbonyl (C=O) groups is 1. The number of amides is 1. The monoisotopic (exact) mass is 327 g/mol. The van der Waals surface area contributed by atoms with E-state index in [-0.39, 0.29) is 24.2 Å². The molecule has 1 heterocycles. The van der Waals surface area contributed by atoms with Gasteiger partial charge in [0.05, 0.1) is 18.6 Å². The molecule has 0 radical (unpaired) electrons. The number of hydrogen-bond acceptors (Lipinski definition) is 2. The molecule has 0 spiro atoms. The van der Waals surface area contributed by atoms with Crippen LogP contribution in [0.3, 0.4) is 0 Å². The Balaban J connectivity index is 1.75. The summed E-state index contributed by atoms with van der Waals surface area (Å²) < 4.78 is 13.5. The fraction of sp³-hybridized carbons (Fsp3) is 0.350. The second-order valence-corrected chi connectivity index (χ2v) is 6.59.